The Labute approximate surface area is 64.0 Å². The Morgan fingerprint density at radius 2 is 2.38 bits per heavy atom. The van der Waals surface area contributed by atoms with E-state index < -0.39 is 0 Å². The number of halogens is 1. The van der Waals surface area contributed by atoms with Crippen LogP contribution in [0.3, 0.4) is 0 Å². The minimum atomic E-state index is 0.636. The standard InChI is InChI=1S/C5H9IN2/c1-2-8(6)5-3-4-7/h2-3,5H2,1H3. The Morgan fingerprint density at radius 1 is 1.75 bits per heavy atom. The van der Waals surface area contributed by atoms with Crippen molar-refractivity contribution in [3.8, 4) is 6.07 Å². The first-order chi connectivity index (χ1) is 3.81. The van der Waals surface area contributed by atoms with Crippen molar-refractivity contribution >= 4 is 22.9 Å². The summed E-state index contributed by atoms with van der Waals surface area (Å²) < 4.78 is 2.08. The fraction of sp³-hybridized carbons (Fsp3) is 0.800. The molecule has 0 aromatic carbocycles. The molecule has 0 amide bonds. The molecule has 0 aromatic rings. The lowest BCUT2D eigenvalue weighted by Gasteiger charge is -2.06. The fourth-order valence-corrected chi connectivity index (χ4v) is 0.571. The van der Waals surface area contributed by atoms with E-state index in [0.29, 0.717) is 6.42 Å². The molecular formula is C5H9IN2. The van der Waals surface area contributed by atoms with E-state index in [2.05, 4.69) is 39.0 Å². The summed E-state index contributed by atoms with van der Waals surface area (Å²) in [4.78, 5) is 0. The summed E-state index contributed by atoms with van der Waals surface area (Å²) in [5.74, 6) is 0. The molecule has 0 rings (SSSR count). The summed E-state index contributed by atoms with van der Waals surface area (Å²) in [5.41, 5.74) is 0. The average Bonchev–Trinajstić information content (AvgIpc) is 1.83. The number of rotatable bonds is 3. The lowest BCUT2D eigenvalue weighted by atomic mass is 10.5. The summed E-state index contributed by atoms with van der Waals surface area (Å²) in [6.45, 7) is 3.97. The van der Waals surface area contributed by atoms with Gasteiger partial charge >= 0.3 is 0 Å². The fourth-order valence-electron chi connectivity index (χ4n) is 0.329. The third kappa shape index (κ3) is 4.34. The molecule has 46 valence electrons. The van der Waals surface area contributed by atoms with Gasteiger partial charge in [0.25, 0.3) is 0 Å². The highest BCUT2D eigenvalue weighted by molar-refractivity contribution is 14.1. The van der Waals surface area contributed by atoms with Crippen LogP contribution < -0.4 is 0 Å². The van der Waals surface area contributed by atoms with Crippen LogP contribution in [-0.2, 0) is 0 Å². The second kappa shape index (κ2) is 5.32. The molecule has 0 aliphatic rings. The first kappa shape index (κ1) is 8.18. The summed E-state index contributed by atoms with van der Waals surface area (Å²) in [6.07, 6.45) is 0.636. The largest absolute Gasteiger partial charge is 0.247 e. The summed E-state index contributed by atoms with van der Waals surface area (Å²) in [7, 11) is 0. The number of nitrogens with zero attached hydrogens (tertiary/aromatic N) is 2. The van der Waals surface area contributed by atoms with Crippen molar-refractivity contribution < 1.29 is 0 Å². The van der Waals surface area contributed by atoms with Gasteiger partial charge in [-0.1, -0.05) is 6.92 Å². The van der Waals surface area contributed by atoms with Crippen molar-refractivity contribution in [1.82, 2.24) is 3.11 Å². The SMILES string of the molecule is CCN(I)CCC#N. The normalized spacial score (nSPS) is 9.25. The topological polar surface area (TPSA) is 27.0 Å². The summed E-state index contributed by atoms with van der Waals surface area (Å²) in [5, 5.41) is 8.13. The van der Waals surface area contributed by atoms with Gasteiger partial charge in [-0.25, -0.2) is 3.11 Å². The second-order valence-electron chi connectivity index (χ2n) is 1.41. The lowest BCUT2D eigenvalue weighted by Crippen LogP contribution is -2.10. The van der Waals surface area contributed by atoms with E-state index in [9.17, 15) is 0 Å². The zero-order valence-corrected chi connectivity index (χ0v) is 7.05. The van der Waals surface area contributed by atoms with Crippen molar-refractivity contribution in [3.63, 3.8) is 0 Å². The molecule has 0 spiro atoms. The third-order valence-electron chi connectivity index (χ3n) is 0.809. The molecule has 0 heterocycles. The maximum atomic E-state index is 8.13. The van der Waals surface area contributed by atoms with Crippen LogP contribution in [0.2, 0.25) is 0 Å². The van der Waals surface area contributed by atoms with Crippen LogP contribution in [0.25, 0.3) is 0 Å². The van der Waals surface area contributed by atoms with Gasteiger partial charge in [-0.3, -0.25) is 0 Å². The highest BCUT2D eigenvalue weighted by Gasteiger charge is 1.91. The van der Waals surface area contributed by atoms with E-state index in [1.54, 1.807) is 0 Å². The van der Waals surface area contributed by atoms with E-state index in [4.69, 9.17) is 5.26 Å². The Balaban J connectivity index is 3.01. The van der Waals surface area contributed by atoms with Crippen LogP contribution in [0.1, 0.15) is 13.3 Å². The first-order valence-corrected chi connectivity index (χ1v) is 3.55. The van der Waals surface area contributed by atoms with Crippen LogP contribution in [0.5, 0.6) is 0 Å². The number of nitriles is 1. The highest BCUT2D eigenvalue weighted by Crippen LogP contribution is 1.96. The van der Waals surface area contributed by atoms with Crippen molar-refractivity contribution in [2.75, 3.05) is 13.1 Å². The molecular weight excluding hydrogens is 215 g/mol. The molecule has 0 atom stereocenters. The molecule has 0 unspecified atom stereocenters. The van der Waals surface area contributed by atoms with Crippen LogP contribution >= 0.6 is 22.9 Å². The minimum absolute atomic E-state index is 0.636. The molecule has 0 radical (unpaired) electrons. The van der Waals surface area contributed by atoms with Gasteiger partial charge in [0.05, 0.1) is 6.07 Å². The molecule has 0 aliphatic carbocycles. The van der Waals surface area contributed by atoms with Crippen molar-refractivity contribution in [3.05, 3.63) is 0 Å². The highest BCUT2D eigenvalue weighted by atomic mass is 127. The molecule has 8 heavy (non-hydrogen) atoms. The second-order valence-corrected chi connectivity index (χ2v) is 2.78. The van der Waals surface area contributed by atoms with Crippen molar-refractivity contribution in [2.45, 2.75) is 13.3 Å². The van der Waals surface area contributed by atoms with E-state index in [1.165, 1.54) is 0 Å². The van der Waals surface area contributed by atoms with Gasteiger partial charge in [-0.2, -0.15) is 5.26 Å². The average molecular weight is 224 g/mol. The number of hydrogen-bond acceptors (Lipinski definition) is 2. The molecule has 0 N–H and O–H groups in total. The smallest absolute Gasteiger partial charge is 0.0635 e. The predicted octanol–water partition coefficient (Wildman–Crippen LogP) is 1.57. The molecule has 2 nitrogen and oxygen atoms in total. The monoisotopic (exact) mass is 224 g/mol. The Bertz CT molecular complexity index is 86.9. The Morgan fingerprint density at radius 3 is 2.75 bits per heavy atom. The number of hydrogen-bond donors (Lipinski definition) is 0. The van der Waals surface area contributed by atoms with Gasteiger partial charge in [0, 0.05) is 42.4 Å². The van der Waals surface area contributed by atoms with Crippen molar-refractivity contribution in [2.24, 2.45) is 0 Å². The Kier molecular flexibility index (Phi) is 5.44. The van der Waals surface area contributed by atoms with Gasteiger partial charge in [0.1, 0.15) is 0 Å². The predicted molar refractivity (Wildman–Crippen MR) is 41.5 cm³/mol. The minimum Gasteiger partial charge on any atom is -0.247 e. The van der Waals surface area contributed by atoms with Gasteiger partial charge in [-0.05, 0) is 0 Å². The van der Waals surface area contributed by atoms with Crippen LogP contribution in [0.4, 0.5) is 0 Å². The van der Waals surface area contributed by atoms with E-state index in [1.807, 2.05) is 0 Å². The maximum absolute atomic E-state index is 8.13. The third-order valence-corrected chi connectivity index (χ3v) is 1.97. The van der Waals surface area contributed by atoms with Crippen LogP contribution in [0.15, 0.2) is 0 Å². The lowest BCUT2D eigenvalue weighted by molar-refractivity contribution is 0.548. The molecule has 0 saturated heterocycles. The van der Waals surface area contributed by atoms with Crippen LogP contribution in [0, 0.1) is 11.3 Å². The quantitative estimate of drug-likeness (QED) is 0.537. The van der Waals surface area contributed by atoms with Gasteiger partial charge < -0.3 is 0 Å². The summed E-state index contributed by atoms with van der Waals surface area (Å²) in [6, 6.07) is 2.09. The molecule has 3 heteroatoms. The molecule has 0 aliphatic heterocycles. The van der Waals surface area contributed by atoms with Gasteiger partial charge in [0.2, 0.25) is 0 Å². The van der Waals surface area contributed by atoms with Crippen molar-refractivity contribution in [1.29, 1.82) is 5.26 Å². The Hall–Kier alpha value is 0.180. The molecule has 0 saturated carbocycles. The first-order valence-electron chi connectivity index (χ1n) is 2.59. The van der Waals surface area contributed by atoms with E-state index in [0.717, 1.165) is 13.1 Å². The zero-order chi connectivity index (χ0) is 6.41. The van der Waals surface area contributed by atoms with E-state index in [-0.39, 0.29) is 0 Å². The van der Waals surface area contributed by atoms with Gasteiger partial charge in [0.15, 0.2) is 0 Å². The summed E-state index contributed by atoms with van der Waals surface area (Å²) >= 11 is 2.21. The van der Waals surface area contributed by atoms with Crippen LogP contribution in [-0.4, -0.2) is 16.2 Å². The van der Waals surface area contributed by atoms with E-state index >= 15 is 0 Å². The van der Waals surface area contributed by atoms with Gasteiger partial charge in [-0.15, -0.1) is 0 Å². The maximum Gasteiger partial charge on any atom is 0.0635 e. The zero-order valence-electron chi connectivity index (χ0n) is 4.89. The molecule has 0 aromatic heterocycles. The molecule has 0 fully saturated rings. The molecule has 0 bridgehead atoms.